The molecule has 4 nitrogen and oxygen atoms in total. The van der Waals surface area contributed by atoms with E-state index in [2.05, 4.69) is 58.7 Å². The second-order valence-electron chi connectivity index (χ2n) is 5.14. The van der Waals surface area contributed by atoms with Crippen LogP contribution in [0.15, 0.2) is 53.7 Å². The van der Waals surface area contributed by atoms with E-state index in [4.69, 9.17) is 0 Å². The van der Waals surface area contributed by atoms with E-state index in [1.54, 1.807) is 7.05 Å². The molecule has 0 saturated carbocycles. The predicted octanol–water partition coefficient (Wildman–Crippen LogP) is 3.44. The molecule has 2 aromatic rings. The van der Waals surface area contributed by atoms with Gasteiger partial charge in [-0.2, -0.15) is 0 Å². The Balaban J connectivity index is 0.00000242. The van der Waals surface area contributed by atoms with Gasteiger partial charge in [0.15, 0.2) is 5.96 Å². The molecule has 1 aromatic heterocycles. The Morgan fingerprint density at radius 1 is 1.18 bits per heavy atom. The van der Waals surface area contributed by atoms with E-state index < -0.39 is 0 Å². The molecule has 0 aliphatic rings. The molecule has 0 atom stereocenters. The van der Waals surface area contributed by atoms with Gasteiger partial charge in [-0.05, 0) is 37.6 Å². The van der Waals surface area contributed by atoms with Crippen molar-refractivity contribution in [2.24, 2.45) is 4.99 Å². The van der Waals surface area contributed by atoms with E-state index in [9.17, 15) is 0 Å². The van der Waals surface area contributed by atoms with Crippen molar-refractivity contribution < 1.29 is 0 Å². The zero-order valence-corrected chi connectivity index (χ0v) is 15.5. The summed E-state index contributed by atoms with van der Waals surface area (Å²) in [4.78, 5) is 8.59. The maximum Gasteiger partial charge on any atom is 0.191 e. The third-order valence-corrected chi connectivity index (χ3v) is 3.00. The third-order valence-electron chi connectivity index (χ3n) is 3.00. The van der Waals surface area contributed by atoms with Crippen LogP contribution in [-0.4, -0.2) is 24.0 Å². The van der Waals surface area contributed by atoms with Crippen LogP contribution in [0.3, 0.4) is 0 Å². The molecular weight excluding hydrogens is 387 g/mol. The van der Waals surface area contributed by atoms with Crippen molar-refractivity contribution in [3.8, 4) is 11.3 Å². The standard InChI is InChI=1S/C17H22N4.HI/c1-13(2)21-17(18-3)20-12-14-7-6-8-15(11-14)16-9-4-5-10-19-16;/h4-11,13H,12H2,1-3H3,(H2,18,20,21);1H. The lowest BCUT2D eigenvalue weighted by atomic mass is 10.1. The van der Waals surface area contributed by atoms with Crippen LogP contribution >= 0.6 is 24.0 Å². The molecule has 118 valence electrons. The van der Waals surface area contributed by atoms with Gasteiger partial charge in [-0.25, -0.2) is 0 Å². The van der Waals surface area contributed by atoms with E-state index in [1.165, 1.54) is 5.56 Å². The highest BCUT2D eigenvalue weighted by molar-refractivity contribution is 14.0. The van der Waals surface area contributed by atoms with Crippen LogP contribution in [0.4, 0.5) is 0 Å². The maximum absolute atomic E-state index is 4.38. The highest BCUT2D eigenvalue weighted by Crippen LogP contribution is 2.17. The predicted molar refractivity (Wildman–Crippen MR) is 104 cm³/mol. The summed E-state index contributed by atoms with van der Waals surface area (Å²) in [6.45, 7) is 4.91. The lowest BCUT2D eigenvalue weighted by molar-refractivity contribution is 0.699. The molecule has 1 heterocycles. The van der Waals surface area contributed by atoms with E-state index >= 15 is 0 Å². The molecule has 0 spiro atoms. The number of benzene rings is 1. The molecule has 5 heteroatoms. The van der Waals surface area contributed by atoms with Gasteiger partial charge in [0.1, 0.15) is 0 Å². The third kappa shape index (κ3) is 5.63. The zero-order chi connectivity index (χ0) is 15.1. The molecule has 0 unspecified atom stereocenters. The highest BCUT2D eigenvalue weighted by atomic mass is 127. The Bertz CT molecular complexity index is 597. The molecular formula is C17H23IN4. The number of nitrogens with one attached hydrogen (secondary N) is 2. The van der Waals surface area contributed by atoms with Crippen LogP contribution in [0, 0.1) is 0 Å². The SMILES string of the molecule is CN=C(NCc1cccc(-c2ccccn2)c1)NC(C)C.I. The average Bonchev–Trinajstić information content (AvgIpc) is 2.52. The van der Waals surface area contributed by atoms with Gasteiger partial charge in [-0.15, -0.1) is 24.0 Å². The van der Waals surface area contributed by atoms with Crippen LogP contribution in [0.1, 0.15) is 19.4 Å². The molecule has 2 N–H and O–H groups in total. The highest BCUT2D eigenvalue weighted by Gasteiger charge is 2.02. The number of nitrogens with zero attached hydrogens (tertiary/aromatic N) is 2. The molecule has 0 radical (unpaired) electrons. The number of guanidine groups is 1. The van der Waals surface area contributed by atoms with Crippen LogP contribution < -0.4 is 10.6 Å². The number of hydrogen-bond donors (Lipinski definition) is 2. The number of aliphatic imine (C=N–C) groups is 1. The Labute approximate surface area is 149 Å². The summed E-state index contributed by atoms with van der Waals surface area (Å²) in [5.74, 6) is 0.813. The number of halogens is 1. The van der Waals surface area contributed by atoms with Crippen LogP contribution in [-0.2, 0) is 6.54 Å². The second-order valence-corrected chi connectivity index (χ2v) is 5.14. The first-order chi connectivity index (χ1) is 10.2. The topological polar surface area (TPSA) is 49.3 Å². The summed E-state index contributed by atoms with van der Waals surface area (Å²) in [7, 11) is 1.78. The largest absolute Gasteiger partial charge is 0.354 e. The van der Waals surface area contributed by atoms with Crippen molar-refractivity contribution in [3.63, 3.8) is 0 Å². The molecule has 0 amide bonds. The zero-order valence-electron chi connectivity index (χ0n) is 13.2. The fourth-order valence-electron chi connectivity index (χ4n) is 2.03. The Morgan fingerprint density at radius 2 is 2.00 bits per heavy atom. The molecule has 0 bridgehead atoms. The van der Waals surface area contributed by atoms with Gasteiger partial charge < -0.3 is 10.6 Å². The molecule has 0 saturated heterocycles. The van der Waals surface area contributed by atoms with E-state index in [0.29, 0.717) is 6.04 Å². The minimum atomic E-state index is 0. The van der Waals surface area contributed by atoms with E-state index in [-0.39, 0.29) is 24.0 Å². The van der Waals surface area contributed by atoms with Gasteiger partial charge in [-0.1, -0.05) is 24.3 Å². The molecule has 0 fully saturated rings. The van der Waals surface area contributed by atoms with E-state index in [0.717, 1.165) is 23.8 Å². The van der Waals surface area contributed by atoms with Gasteiger partial charge in [0, 0.05) is 31.4 Å². The minimum absolute atomic E-state index is 0. The van der Waals surface area contributed by atoms with Crippen LogP contribution in [0.25, 0.3) is 11.3 Å². The summed E-state index contributed by atoms with van der Waals surface area (Å²) in [5, 5.41) is 6.59. The normalized spacial score (nSPS) is 11.0. The summed E-state index contributed by atoms with van der Waals surface area (Å²) < 4.78 is 0. The minimum Gasteiger partial charge on any atom is -0.354 e. The lowest BCUT2D eigenvalue weighted by Crippen LogP contribution is -2.40. The van der Waals surface area contributed by atoms with Gasteiger partial charge in [0.25, 0.3) is 0 Å². The Morgan fingerprint density at radius 3 is 2.64 bits per heavy atom. The monoisotopic (exact) mass is 410 g/mol. The Hall–Kier alpha value is -1.63. The van der Waals surface area contributed by atoms with Crippen molar-refractivity contribution >= 4 is 29.9 Å². The van der Waals surface area contributed by atoms with E-state index in [1.807, 2.05) is 24.4 Å². The first kappa shape index (κ1) is 18.4. The molecule has 22 heavy (non-hydrogen) atoms. The van der Waals surface area contributed by atoms with Crippen LogP contribution in [0.2, 0.25) is 0 Å². The van der Waals surface area contributed by atoms with Gasteiger partial charge in [-0.3, -0.25) is 9.98 Å². The number of pyridine rings is 1. The molecule has 2 rings (SSSR count). The summed E-state index contributed by atoms with van der Waals surface area (Å²) >= 11 is 0. The van der Waals surface area contributed by atoms with Crippen molar-refractivity contribution in [1.29, 1.82) is 0 Å². The van der Waals surface area contributed by atoms with Gasteiger partial charge in [0.05, 0.1) is 5.69 Å². The maximum atomic E-state index is 4.38. The Kier molecular flexibility index (Phi) is 7.87. The summed E-state index contributed by atoms with van der Waals surface area (Å²) in [5.41, 5.74) is 3.32. The fraction of sp³-hybridized carbons (Fsp3) is 0.294. The van der Waals surface area contributed by atoms with Crippen molar-refractivity contribution in [2.45, 2.75) is 26.4 Å². The average molecular weight is 410 g/mol. The van der Waals surface area contributed by atoms with Gasteiger partial charge in [0.2, 0.25) is 0 Å². The smallest absolute Gasteiger partial charge is 0.191 e. The van der Waals surface area contributed by atoms with Crippen LogP contribution in [0.5, 0.6) is 0 Å². The second kappa shape index (κ2) is 9.40. The fourth-order valence-corrected chi connectivity index (χ4v) is 2.03. The number of hydrogen-bond acceptors (Lipinski definition) is 2. The molecule has 0 aliphatic heterocycles. The van der Waals surface area contributed by atoms with Gasteiger partial charge >= 0.3 is 0 Å². The van der Waals surface area contributed by atoms with Crippen molar-refractivity contribution in [2.75, 3.05) is 7.05 Å². The molecule has 1 aromatic carbocycles. The summed E-state index contributed by atoms with van der Waals surface area (Å²) in [6, 6.07) is 14.7. The first-order valence-electron chi connectivity index (χ1n) is 7.16. The number of aromatic nitrogens is 1. The lowest BCUT2D eigenvalue weighted by Gasteiger charge is -2.14. The van der Waals surface area contributed by atoms with Crippen molar-refractivity contribution in [1.82, 2.24) is 15.6 Å². The summed E-state index contributed by atoms with van der Waals surface area (Å²) in [6.07, 6.45) is 1.81. The first-order valence-corrected chi connectivity index (χ1v) is 7.16. The number of rotatable bonds is 4. The van der Waals surface area contributed by atoms with Crippen molar-refractivity contribution in [3.05, 3.63) is 54.2 Å². The molecule has 0 aliphatic carbocycles. The quantitative estimate of drug-likeness (QED) is 0.461.